The third kappa shape index (κ3) is 1.87. The smallest absolute Gasteiger partial charge is 0.131 e. The topological polar surface area (TPSA) is 40.5 Å². The molecule has 23 heavy (non-hydrogen) atoms. The van der Waals surface area contributed by atoms with Crippen molar-refractivity contribution in [3.8, 4) is 0 Å². The van der Waals surface area contributed by atoms with Crippen molar-refractivity contribution in [2.24, 2.45) is 0 Å². The van der Waals surface area contributed by atoms with Crippen molar-refractivity contribution in [1.29, 1.82) is 0 Å². The number of hydrogen-bond donors (Lipinski definition) is 2. The van der Waals surface area contributed by atoms with Crippen LogP contribution in [0.25, 0.3) is 27.6 Å². The summed E-state index contributed by atoms with van der Waals surface area (Å²) in [5.41, 5.74) is 3.62. The normalized spacial score (nSPS) is 20.2. The van der Waals surface area contributed by atoms with E-state index < -0.39 is 12.2 Å². The highest BCUT2D eigenvalue weighted by Crippen LogP contribution is 2.41. The Labute approximate surface area is 133 Å². The average Bonchev–Trinajstić information content (AvgIpc) is 2.54. The zero-order valence-corrected chi connectivity index (χ0v) is 13.0. The molecule has 0 radical (unpaired) electrons. The molecule has 3 aromatic carbocycles. The van der Waals surface area contributed by atoms with E-state index in [4.69, 9.17) is 0 Å². The average molecular weight is 308 g/mol. The molecule has 3 aromatic rings. The maximum atomic E-state index is 14.1. The summed E-state index contributed by atoms with van der Waals surface area (Å²) in [6.45, 7) is 3.93. The van der Waals surface area contributed by atoms with Gasteiger partial charge in [0.05, 0.1) is 0 Å². The van der Waals surface area contributed by atoms with Crippen LogP contribution in [0.3, 0.4) is 0 Å². The third-order valence-electron chi connectivity index (χ3n) is 4.96. The molecule has 3 heteroatoms. The second-order valence-electron chi connectivity index (χ2n) is 6.19. The van der Waals surface area contributed by atoms with Crippen LogP contribution in [-0.2, 0) is 0 Å². The summed E-state index contributed by atoms with van der Waals surface area (Å²) in [5, 5.41) is 23.8. The third-order valence-corrected chi connectivity index (χ3v) is 4.96. The molecule has 0 spiro atoms. The van der Waals surface area contributed by atoms with Crippen LogP contribution in [0, 0.1) is 19.7 Å². The van der Waals surface area contributed by atoms with Gasteiger partial charge in [0, 0.05) is 5.39 Å². The van der Waals surface area contributed by atoms with E-state index in [2.05, 4.69) is 0 Å². The largest absolute Gasteiger partial charge is 0.386 e. The number of hydrogen-bond acceptors (Lipinski definition) is 2. The number of benzene rings is 3. The molecule has 0 aromatic heterocycles. The molecule has 0 saturated heterocycles. The Bertz CT molecular complexity index is 988. The molecule has 2 N–H and O–H groups in total. The first kappa shape index (κ1) is 14.4. The summed E-state index contributed by atoms with van der Waals surface area (Å²) in [5.74, 6) is -0.231. The van der Waals surface area contributed by atoms with Crippen molar-refractivity contribution in [1.82, 2.24) is 0 Å². The highest BCUT2D eigenvalue weighted by Gasteiger charge is 2.27. The van der Waals surface area contributed by atoms with Crippen LogP contribution in [0.4, 0.5) is 4.39 Å². The molecular formula is C20H17FO2. The number of aryl methyl sites for hydroxylation is 2. The summed E-state index contributed by atoms with van der Waals surface area (Å²) >= 11 is 0. The van der Waals surface area contributed by atoms with Crippen molar-refractivity contribution >= 4 is 27.6 Å². The molecule has 2 unspecified atom stereocenters. The number of fused-ring (bicyclic) bond motifs is 4. The second-order valence-corrected chi connectivity index (χ2v) is 6.19. The van der Waals surface area contributed by atoms with Crippen LogP contribution in [0.15, 0.2) is 36.4 Å². The lowest BCUT2D eigenvalue weighted by molar-refractivity contribution is 0.0466. The van der Waals surface area contributed by atoms with Crippen molar-refractivity contribution in [2.75, 3.05) is 0 Å². The molecule has 0 bridgehead atoms. The first-order valence-electron chi connectivity index (χ1n) is 7.69. The number of rotatable bonds is 0. The van der Waals surface area contributed by atoms with Crippen molar-refractivity contribution in [3.05, 3.63) is 64.5 Å². The standard InChI is InChI=1S/C20H17FO2/c1-10-13-8-9-17(22)20(23)19(13)11(2)12-6-7-14-15(18(10)12)4-3-5-16(14)21/h3-9,17,20,22-23H,1-2H3. The van der Waals surface area contributed by atoms with Crippen molar-refractivity contribution in [3.63, 3.8) is 0 Å². The van der Waals surface area contributed by atoms with Crippen LogP contribution < -0.4 is 0 Å². The molecule has 116 valence electrons. The van der Waals surface area contributed by atoms with Gasteiger partial charge in [-0.15, -0.1) is 0 Å². The number of aliphatic hydroxyl groups excluding tert-OH is 2. The Morgan fingerprint density at radius 2 is 1.65 bits per heavy atom. The van der Waals surface area contributed by atoms with E-state index in [-0.39, 0.29) is 5.82 Å². The number of aliphatic hydroxyl groups is 2. The fourth-order valence-corrected chi connectivity index (χ4v) is 3.79. The first-order valence-corrected chi connectivity index (χ1v) is 7.69. The van der Waals surface area contributed by atoms with E-state index in [1.165, 1.54) is 6.07 Å². The van der Waals surface area contributed by atoms with E-state index >= 15 is 0 Å². The zero-order chi connectivity index (χ0) is 16.3. The van der Waals surface area contributed by atoms with Gasteiger partial charge in [-0.25, -0.2) is 4.39 Å². The zero-order valence-electron chi connectivity index (χ0n) is 13.0. The Balaban J connectivity index is 2.23. The molecule has 0 aliphatic heterocycles. The lowest BCUT2D eigenvalue weighted by Crippen LogP contribution is -2.21. The van der Waals surface area contributed by atoms with E-state index in [9.17, 15) is 14.6 Å². The van der Waals surface area contributed by atoms with Crippen LogP contribution in [-0.4, -0.2) is 16.3 Å². The Morgan fingerprint density at radius 3 is 2.43 bits per heavy atom. The lowest BCUT2D eigenvalue weighted by Gasteiger charge is -2.27. The van der Waals surface area contributed by atoms with Crippen LogP contribution in [0.1, 0.15) is 28.4 Å². The van der Waals surface area contributed by atoms with Gasteiger partial charge in [-0.2, -0.15) is 0 Å². The van der Waals surface area contributed by atoms with E-state index in [0.717, 1.165) is 38.4 Å². The Kier molecular flexibility index (Phi) is 3.05. The summed E-state index contributed by atoms with van der Waals surface area (Å²) < 4.78 is 14.1. The van der Waals surface area contributed by atoms with Gasteiger partial charge in [0.25, 0.3) is 0 Å². The highest BCUT2D eigenvalue weighted by molar-refractivity contribution is 6.11. The minimum absolute atomic E-state index is 0.231. The minimum Gasteiger partial charge on any atom is -0.386 e. The molecule has 0 amide bonds. The fraction of sp³-hybridized carbons (Fsp3) is 0.200. The fourth-order valence-electron chi connectivity index (χ4n) is 3.79. The predicted molar refractivity (Wildman–Crippen MR) is 90.9 cm³/mol. The van der Waals surface area contributed by atoms with Gasteiger partial charge in [-0.3, -0.25) is 0 Å². The van der Waals surface area contributed by atoms with Gasteiger partial charge < -0.3 is 10.2 Å². The van der Waals surface area contributed by atoms with Gasteiger partial charge in [0.1, 0.15) is 18.0 Å². The van der Waals surface area contributed by atoms with Crippen molar-refractivity contribution in [2.45, 2.75) is 26.1 Å². The minimum atomic E-state index is -0.929. The predicted octanol–water partition coefficient (Wildman–Crippen LogP) is 4.17. The second kappa shape index (κ2) is 4.88. The monoisotopic (exact) mass is 308 g/mol. The molecule has 1 aliphatic carbocycles. The summed E-state index contributed by atoms with van der Waals surface area (Å²) in [6, 6.07) is 8.81. The maximum absolute atomic E-state index is 14.1. The molecule has 0 heterocycles. The molecule has 0 fully saturated rings. The summed E-state index contributed by atoms with van der Waals surface area (Å²) in [7, 11) is 0. The summed E-state index contributed by atoms with van der Waals surface area (Å²) in [6.07, 6.45) is 1.64. The highest BCUT2D eigenvalue weighted by atomic mass is 19.1. The van der Waals surface area contributed by atoms with E-state index in [1.807, 2.05) is 32.1 Å². The quantitative estimate of drug-likeness (QED) is 0.612. The van der Waals surface area contributed by atoms with Crippen LogP contribution in [0.5, 0.6) is 0 Å². The molecule has 4 rings (SSSR count). The molecule has 2 atom stereocenters. The Hall–Kier alpha value is -2.23. The lowest BCUT2D eigenvalue weighted by atomic mass is 9.82. The summed E-state index contributed by atoms with van der Waals surface area (Å²) in [4.78, 5) is 0. The molecule has 1 aliphatic rings. The van der Waals surface area contributed by atoms with Gasteiger partial charge in [-0.05, 0) is 58.3 Å². The maximum Gasteiger partial charge on any atom is 0.131 e. The number of halogens is 1. The molecular weight excluding hydrogens is 291 g/mol. The van der Waals surface area contributed by atoms with Gasteiger partial charge in [0.15, 0.2) is 0 Å². The van der Waals surface area contributed by atoms with Gasteiger partial charge in [0.2, 0.25) is 0 Å². The Morgan fingerprint density at radius 1 is 0.913 bits per heavy atom. The van der Waals surface area contributed by atoms with E-state index in [1.54, 1.807) is 18.2 Å². The van der Waals surface area contributed by atoms with Crippen LogP contribution in [0.2, 0.25) is 0 Å². The molecule has 0 saturated carbocycles. The van der Waals surface area contributed by atoms with Gasteiger partial charge in [-0.1, -0.05) is 36.4 Å². The van der Waals surface area contributed by atoms with E-state index in [0.29, 0.717) is 5.39 Å². The molecule has 2 nitrogen and oxygen atoms in total. The van der Waals surface area contributed by atoms with Crippen LogP contribution >= 0.6 is 0 Å². The first-order chi connectivity index (χ1) is 11.0. The van der Waals surface area contributed by atoms with Crippen molar-refractivity contribution < 1.29 is 14.6 Å². The SMILES string of the molecule is Cc1c2c(c(C)c3c1ccc1c(F)cccc13)C=CC(O)C2O. The van der Waals surface area contributed by atoms with Gasteiger partial charge >= 0.3 is 0 Å².